The number of phenols is 4. The van der Waals surface area contributed by atoms with Crippen molar-refractivity contribution < 1.29 is 30.0 Å². The number of benzene rings is 4. The van der Waals surface area contributed by atoms with Crippen LogP contribution in [0.1, 0.15) is 55.8 Å². The maximum Gasteiger partial charge on any atom is 0.196 e. The number of hydrogen-bond acceptors (Lipinski definition) is 8. The first-order chi connectivity index (χ1) is 19.3. The quantitative estimate of drug-likeness (QED) is 0.103. The summed E-state index contributed by atoms with van der Waals surface area (Å²) in [4.78, 5) is 27.2. The number of aromatic hydroxyl groups is 4. The minimum Gasteiger partial charge on any atom is -0.508 e. The second-order valence-corrected chi connectivity index (χ2v) is 9.80. The van der Waals surface area contributed by atoms with E-state index in [9.17, 15) is 30.0 Å². The number of hydrogen-bond donors (Lipinski definition) is 6. The van der Waals surface area contributed by atoms with E-state index in [-0.39, 0.29) is 34.6 Å². The zero-order valence-corrected chi connectivity index (χ0v) is 21.8. The molecule has 1 aliphatic rings. The van der Waals surface area contributed by atoms with Gasteiger partial charge in [0.1, 0.15) is 23.0 Å². The van der Waals surface area contributed by atoms with E-state index in [1.807, 2.05) is 0 Å². The van der Waals surface area contributed by atoms with Crippen molar-refractivity contribution in [2.75, 3.05) is 23.7 Å². The van der Waals surface area contributed by atoms with Gasteiger partial charge in [-0.25, -0.2) is 0 Å². The summed E-state index contributed by atoms with van der Waals surface area (Å²) in [6.07, 6.45) is 2.26. The van der Waals surface area contributed by atoms with Gasteiger partial charge in [0.2, 0.25) is 0 Å². The molecule has 4 aromatic rings. The van der Waals surface area contributed by atoms with Crippen LogP contribution in [0.4, 0.5) is 11.4 Å². The lowest BCUT2D eigenvalue weighted by molar-refractivity contribution is 0.0980. The highest BCUT2D eigenvalue weighted by molar-refractivity contribution is 6.31. The molecule has 0 heterocycles. The van der Waals surface area contributed by atoms with Crippen LogP contribution in [0.5, 0.6) is 23.0 Å². The zero-order valence-electron chi connectivity index (χ0n) is 21.8. The molecule has 0 fully saturated rings. The highest BCUT2D eigenvalue weighted by Gasteiger charge is 2.33. The predicted molar refractivity (Wildman–Crippen MR) is 153 cm³/mol. The minimum atomic E-state index is -0.230. The third kappa shape index (κ3) is 5.42. The van der Waals surface area contributed by atoms with E-state index in [4.69, 9.17) is 0 Å². The van der Waals surface area contributed by atoms with Crippen molar-refractivity contribution in [3.8, 4) is 23.0 Å². The van der Waals surface area contributed by atoms with Gasteiger partial charge >= 0.3 is 0 Å². The maximum atomic E-state index is 13.6. The lowest BCUT2D eigenvalue weighted by Gasteiger charge is -2.24. The Morgan fingerprint density at radius 1 is 0.550 bits per heavy atom. The SMILES string of the molecule is O=C1c2ccccc2C(=O)c2c(NCCCc3cc(O)ccc3O)ccc(NCCCc3cc(O)ccc3O)c21. The monoisotopic (exact) mass is 538 g/mol. The summed E-state index contributed by atoms with van der Waals surface area (Å²) < 4.78 is 0. The summed E-state index contributed by atoms with van der Waals surface area (Å²) >= 11 is 0. The van der Waals surface area contributed by atoms with Gasteiger partial charge in [0.15, 0.2) is 11.6 Å². The molecule has 6 N–H and O–H groups in total. The number of anilines is 2. The number of nitrogens with one attached hydrogen (secondary N) is 2. The van der Waals surface area contributed by atoms with Crippen molar-refractivity contribution in [1.29, 1.82) is 0 Å². The number of rotatable bonds is 10. The van der Waals surface area contributed by atoms with Crippen molar-refractivity contribution in [3.05, 3.63) is 106 Å². The number of carbonyl (C=O) groups excluding carboxylic acids is 2. The third-order valence-corrected chi connectivity index (χ3v) is 7.08. The van der Waals surface area contributed by atoms with Crippen LogP contribution in [0, 0.1) is 0 Å². The molecule has 1 aliphatic carbocycles. The van der Waals surface area contributed by atoms with Crippen LogP contribution in [0.3, 0.4) is 0 Å². The third-order valence-electron chi connectivity index (χ3n) is 7.08. The fourth-order valence-corrected chi connectivity index (χ4v) is 5.07. The Balaban J connectivity index is 1.34. The first-order valence-corrected chi connectivity index (χ1v) is 13.2. The Bertz CT molecular complexity index is 1480. The van der Waals surface area contributed by atoms with Gasteiger partial charge in [-0.2, -0.15) is 0 Å². The fraction of sp³-hybridized carbons (Fsp3) is 0.188. The lowest BCUT2D eigenvalue weighted by Crippen LogP contribution is -2.24. The number of phenolic OH excluding ortho intramolecular Hbond substituents is 4. The molecule has 40 heavy (non-hydrogen) atoms. The molecule has 0 atom stereocenters. The van der Waals surface area contributed by atoms with Gasteiger partial charge < -0.3 is 31.1 Å². The smallest absolute Gasteiger partial charge is 0.196 e. The van der Waals surface area contributed by atoms with Crippen molar-refractivity contribution in [2.45, 2.75) is 25.7 Å². The molecule has 0 radical (unpaired) electrons. The Hall–Kier alpha value is -4.98. The van der Waals surface area contributed by atoms with Crippen LogP contribution in [0.15, 0.2) is 72.8 Å². The second-order valence-electron chi connectivity index (χ2n) is 9.80. The summed E-state index contributed by atoms with van der Waals surface area (Å²) in [6.45, 7) is 0.954. The first-order valence-electron chi connectivity index (χ1n) is 13.2. The van der Waals surface area contributed by atoms with Gasteiger partial charge in [0.25, 0.3) is 0 Å². The van der Waals surface area contributed by atoms with E-state index in [2.05, 4.69) is 10.6 Å². The topological polar surface area (TPSA) is 139 Å². The van der Waals surface area contributed by atoms with Crippen molar-refractivity contribution in [1.82, 2.24) is 0 Å². The Kier molecular flexibility index (Phi) is 7.59. The van der Waals surface area contributed by atoms with Gasteiger partial charge in [-0.3, -0.25) is 9.59 Å². The Morgan fingerprint density at radius 3 is 1.40 bits per heavy atom. The second kappa shape index (κ2) is 11.4. The molecular weight excluding hydrogens is 508 g/mol. The molecule has 0 bridgehead atoms. The normalized spacial score (nSPS) is 12.1. The molecule has 8 nitrogen and oxygen atoms in total. The number of ketones is 2. The molecule has 0 spiro atoms. The molecule has 4 aromatic carbocycles. The van der Waals surface area contributed by atoms with Crippen LogP contribution in [-0.2, 0) is 12.8 Å². The average molecular weight is 539 g/mol. The largest absolute Gasteiger partial charge is 0.508 e. The van der Waals surface area contributed by atoms with Crippen LogP contribution >= 0.6 is 0 Å². The van der Waals surface area contributed by atoms with Gasteiger partial charge in [-0.1, -0.05) is 24.3 Å². The highest BCUT2D eigenvalue weighted by Crippen LogP contribution is 2.37. The first kappa shape index (κ1) is 26.6. The summed E-state index contributed by atoms with van der Waals surface area (Å²) in [5.74, 6) is -0.0679. The van der Waals surface area contributed by atoms with Crippen LogP contribution in [-0.4, -0.2) is 45.1 Å². The Labute approximate surface area is 231 Å². The van der Waals surface area contributed by atoms with Crippen molar-refractivity contribution >= 4 is 22.9 Å². The molecule has 5 rings (SSSR count). The van der Waals surface area contributed by atoms with E-state index in [1.54, 1.807) is 36.4 Å². The Morgan fingerprint density at radius 2 is 0.975 bits per heavy atom. The van der Waals surface area contributed by atoms with Crippen LogP contribution < -0.4 is 10.6 Å². The molecule has 0 unspecified atom stereocenters. The maximum absolute atomic E-state index is 13.6. The zero-order chi connectivity index (χ0) is 28.2. The van der Waals surface area contributed by atoms with E-state index < -0.39 is 0 Å². The number of aryl methyl sites for hydroxylation is 2. The van der Waals surface area contributed by atoms with E-state index in [0.29, 0.717) is 83.5 Å². The molecule has 0 saturated carbocycles. The molecule has 204 valence electrons. The fourth-order valence-electron chi connectivity index (χ4n) is 5.07. The van der Waals surface area contributed by atoms with E-state index in [1.165, 1.54) is 36.4 Å². The molecule has 0 aromatic heterocycles. The molecule has 8 heteroatoms. The number of fused-ring (bicyclic) bond motifs is 2. The van der Waals surface area contributed by atoms with Gasteiger partial charge in [0, 0.05) is 35.6 Å². The summed E-state index contributed by atoms with van der Waals surface area (Å²) in [7, 11) is 0. The minimum absolute atomic E-state index is 0.0828. The number of carbonyl (C=O) groups is 2. The average Bonchev–Trinajstić information content (AvgIpc) is 2.95. The van der Waals surface area contributed by atoms with E-state index >= 15 is 0 Å². The molecule has 0 amide bonds. The summed E-state index contributed by atoms with van der Waals surface area (Å²) in [5, 5.41) is 46.0. The molecule has 0 aliphatic heterocycles. The molecule has 0 saturated heterocycles. The van der Waals surface area contributed by atoms with E-state index in [0.717, 1.165) is 0 Å². The van der Waals surface area contributed by atoms with Crippen LogP contribution in [0.2, 0.25) is 0 Å². The van der Waals surface area contributed by atoms with Crippen LogP contribution in [0.25, 0.3) is 0 Å². The lowest BCUT2D eigenvalue weighted by atomic mass is 9.82. The summed E-state index contributed by atoms with van der Waals surface area (Å²) in [5.41, 5.74) is 3.73. The van der Waals surface area contributed by atoms with Gasteiger partial charge in [-0.15, -0.1) is 0 Å². The van der Waals surface area contributed by atoms with Gasteiger partial charge in [-0.05, 0) is 85.3 Å². The highest BCUT2D eigenvalue weighted by atomic mass is 16.3. The van der Waals surface area contributed by atoms with Crippen molar-refractivity contribution in [3.63, 3.8) is 0 Å². The van der Waals surface area contributed by atoms with Gasteiger partial charge in [0.05, 0.1) is 11.1 Å². The van der Waals surface area contributed by atoms with Crippen molar-refractivity contribution in [2.24, 2.45) is 0 Å². The standard InChI is InChI=1S/C32H30N2O6/c35-21-9-13-27(37)19(17-21)5-3-15-33-25-11-12-26(34-16-4-6-20-18-22(36)10-14-28(20)38)30-29(25)31(39)23-7-1-2-8-24(23)32(30)40/h1-2,7-14,17-18,33-38H,3-6,15-16H2. The predicted octanol–water partition coefficient (Wildman–Crippen LogP) is 5.37. The summed E-state index contributed by atoms with van der Waals surface area (Å²) in [6, 6.07) is 19.2. The molecular formula is C32H30N2O6.